The van der Waals surface area contributed by atoms with Crippen LogP contribution in [0.25, 0.3) is 0 Å². The Hall–Kier alpha value is -3.67. The van der Waals surface area contributed by atoms with Crippen LogP contribution in [0.2, 0.25) is 0 Å². The van der Waals surface area contributed by atoms with E-state index < -0.39 is 60.1 Å². The predicted octanol–water partition coefficient (Wildman–Crippen LogP) is -0.214. The van der Waals surface area contributed by atoms with Gasteiger partial charge in [0.05, 0.1) is 18.0 Å². The molecule has 5 N–H and O–H groups in total. The Morgan fingerprint density at radius 2 is 1.72 bits per heavy atom. The van der Waals surface area contributed by atoms with Crippen molar-refractivity contribution in [2.45, 2.75) is 64.7 Å². The molecule has 5 amide bonds. The van der Waals surface area contributed by atoms with Crippen LogP contribution in [0.5, 0.6) is 5.75 Å². The minimum Gasteiger partial charge on any atom is -0.491 e. The molecule has 216 valence electrons. The molecule has 1 heterocycles. The Balaban J connectivity index is 2.33. The lowest BCUT2D eigenvalue weighted by Gasteiger charge is -2.25. The molecule has 12 heteroatoms. The van der Waals surface area contributed by atoms with E-state index in [1.54, 1.807) is 45.0 Å². The number of ether oxygens (including phenoxy) is 1. The lowest BCUT2D eigenvalue weighted by Crippen LogP contribution is -2.56. The quantitative estimate of drug-likeness (QED) is 0.309. The summed E-state index contributed by atoms with van der Waals surface area (Å²) in [5.41, 5.74) is 0.177. The van der Waals surface area contributed by atoms with Crippen molar-refractivity contribution in [3.05, 3.63) is 29.8 Å². The molecule has 0 saturated carbocycles. The van der Waals surface area contributed by atoms with Crippen molar-refractivity contribution in [1.29, 1.82) is 0 Å². The van der Waals surface area contributed by atoms with Crippen molar-refractivity contribution in [1.82, 2.24) is 31.5 Å². The van der Waals surface area contributed by atoms with E-state index in [9.17, 15) is 24.0 Å². The number of carbonyl (C=O) groups is 5. The van der Waals surface area contributed by atoms with Gasteiger partial charge in [-0.3, -0.25) is 24.0 Å². The molecule has 0 aliphatic carbocycles. The highest BCUT2D eigenvalue weighted by molar-refractivity contribution is 6.01. The molecule has 1 aromatic rings. The van der Waals surface area contributed by atoms with Crippen LogP contribution in [0.15, 0.2) is 24.3 Å². The van der Waals surface area contributed by atoms with Crippen LogP contribution in [0.4, 0.5) is 0 Å². The fraction of sp³-hybridized carbons (Fsp3) is 0.593. The molecule has 1 aliphatic heterocycles. The Bertz CT molecular complexity index is 1030. The van der Waals surface area contributed by atoms with Gasteiger partial charge in [0.15, 0.2) is 0 Å². The van der Waals surface area contributed by atoms with E-state index in [0.717, 1.165) is 6.54 Å². The molecule has 39 heavy (non-hydrogen) atoms. The molecule has 0 fully saturated rings. The summed E-state index contributed by atoms with van der Waals surface area (Å²) >= 11 is 0. The molecule has 1 aromatic carbocycles. The van der Waals surface area contributed by atoms with E-state index >= 15 is 0 Å². The number of benzene rings is 1. The average molecular weight is 547 g/mol. The van der Waals surface area contributed by atoms with E-state index in [1.165, 1.54) is 6.92 Å². The summed E-state index contributed by atoms with van der Waals surface area (Å²) in [6.07, 6.45) is 0.290. The van der Waals surface area contributed by atoms with E-state index in [2.05, 4.69) is 26.6 Å². The van der Waals surface area contributed by atoms with Crippen LogP contribution in [0.1, 0.15) is 50.9 Å². The summed E-state index contributed by atoms with van der Waals surface area (Å²) in [5, 5.41) is 13.5. The SMILES string of the molecule is CC(C)[C@H]1NC(=O)[C@H](C)NC(=O)C[C@@H](C(=O)NCCCN(C)C)NC(=O)c2ccccc2OC[C@H](C)NC1=O. The first-order valence-electron chi connectivity index (χ1n) is 13.2. The monoisotopic (exact) mass is 546 g/mol. The van der Waals surface area contributed by atoms with Gasteiger partial charge >= 0.3 is 0 Å². The van der Waals surface area contributed by atoms with Gasteiger partial charge in [-0.15, -0.1) is 0 Å². The van der Waals surface area contributed by atoms with Gasteiger partial charge in [-0.1, -0.05) is 26.0 Å². The van der Waals surface area contributed by atoms with Crippen molar-refractivity contribution in [2.24, 2.45) is 5.92 Å². The summed E-state index contributed by atoms with van der Waals surface area (Å²) in [7, 11) is 3.84. The summed E-state index contributed by atoms with van der Waals surface area (Å²) in [4.78, 5) is 66.8. The maximum atomic E-state index is 13.2. The third-order valence-corrected chi connectivity index (χ3v) is 6.12. The predicted molar refractivity (Wildman–Crippen MR) is 146 cm³/mol. The van der Waals surface area contributed by atoms with Gasteiger partial charge in [0.25, 0.3) is 5.91 Å². The second kappa shape index (κ2) is 15.1. The van der Waals surface area contributed by atoms with E-state index in [1.807, 2.05) is 19.0 Å². The third-order valence-electron chi connectivity index (χ3n) is 6.12. The first-order valence-corrected chi connectivity index (χ1v) is 13.2. The highest BCUT2D eigenvalue weighted by atomic mass is 16.5. The number of rotatable bonds is 6. The molecule has 0 aromatic heterocycles. The highest BCUT2D eigenvalue weighted by Gasteiger charge is 2.30. The van der Waals surface area contributed by atoms with Gasteiger partial charge in [-0.25, -0.2) is 0 Å². The minimum absolute atomic E-state index is 0.0566. The molecule has 0 spiro atoms. The van der Waals surface area contributed by atoms with E-state index in [0.29, 0.717) is 13.0 Å². The maximum Gasteiger partial charge on any atom is 0.255 e. The first-order chi connectivity index (χ1) is 18.4. The first kappa shape index (κ1) is 31.5. The summed E-state index contributed by atoms with van der Waals surface area (Å²) < 4.78 is 5.85. The smallest absolute Gasteiger partial charge is 0.255 e. The van der Waals surface area contributed by atoms with Crippen LogP contribution >= 0.6 is 0 Å². The van der Waals surface area contributed by atoms with Crippen LogP contribution in [0.3, 0.4) is 0 Å². The highest BCUT2D eigenvalue weighted by Crippen LogP contribution is 2.19. The minimum atomic E-state index is -1.19. The molecule has 4 atom stereocenters. The van der Waals surface area contributed by atoms with Gasteiger partial charge in [-0.05, 0) is 59.0 Å². The zero-order chi connectivity index (χ0) is 29.1. The number of hydrogen-bond acceptors (Lipinski definition) is 7. The molecule has 0 bridgehead atoms. The summed E-state index contributed by atoms with van der Waals surface area (Å²) in [5.74, 6) is -2.64. The summed E-state index contributed by atoms with van der Waals surface area (Å²) in [6.45, 7) is 7.99. The molecular formula is C27H42N6O6. The Labute approximate surface area is 230 Å². The van der Waals surface area contributed by atoms with E-state index in [4.69, 9.17) is 4.74 Å². The molecule has 0 radical (unpaired) electrons. The number of carbonyl (C=O) groups excluding carboxylic acids is 5. The van der Waals surface area contributed by atoms with Crippen LogP contribution in [-0.2, 0) is 19.2 Å². The number of amides is 5. The second-order valence-electron chi connectivity index (χ2n) is 10.4. The molecule has 0 unspecified atom stereocenters. The number of nitrogens with one attached hydrogen (secondary N) is 5. The van der Waals surface area contributed by atoms with Gasteiger partial charge < -0.3 is 36.2 Å². The van der Waals surface area contributed by atoms with Crippen molar-refractivity contribution in [3.8, 4) is 5.75 Å². The average Bonchev–Trinajstić information content (AvgIpc) is 2.86. The number of nitrogens with zero attached hydrogens (tertiary/aromatic N) is 1. The van der Waals surface area contributed by atoms with Crippen molar-refractivity contribution >= 4 is 29.5 Å². The van der Waals surface area contributed by atoms with Crippen LogP contribution in [-0.4, -0.2) is 92.4 Å². The molecule has 2 rings (SSSR count). The van der Waals surface area contributed by atoms with Crippen molar-refractivity contribution < 1.29 is 28.7 Å². The largest absolute Gasteiger partial charge is 0.491 e. The number of hydrogen-bond donors (Lipinski definition) is 5. The van der Waals surface area contributed by atoms with Crippen molar-refractivity contribution in [3.63, 3.8) is 0 Å². The topological polar surface area (TPSA) is 158 Å². The Kier molecular flexibility index (Phi) is 12.2. The fourth-order valence-electron chi connectivity index (χ4n) is 3.91. The zero-order valence-electron chi connectivity index (χ0n) is 23.6. The molecule has 12 nitrogen and oxygen atoms in total. The Morgan fingerprint density at radius 1 is 1.03 bits per heavy atom. The van der Waals surface area contributed by atoms with Gasteiger partial charge in [0.1, 0.15) is 30.5 Å². The lowest BCUT2D eigenvalue weighted by atomic mass is 10.0. The fourth-order valence-corrected chi connectivity index (χ4v) is 3.91. The van der Waals surface area contributed by atoms with E-state index in [-0.39, 0.29) is 23.8 Å². The molecular weight excluding hydrogens is 504 g/mol. The molecule has 1 aliphatic rings. The third kappa shape index (κ3) is 10.2. The summed E-state index contributed by atoms with van der Waals surface area (Å²) in [6, 6.07) is 3.06. The normalized spacial score (nSPS) is 23.5. The van der Waals surface area contributed by atoms with Gasteiger partial charge in [0.2, 0.25) is 23.6 Å². The number of para-hydroxylation sites is 1. The van der Waals surface area contributed by atoms with Gasteiger partial charge in [0, 0.05) is 6.54 Å². The Morgan fingerprint density at radius 3 is 2.38 bits per heavy atom. The van der Waals surface area contributed by atoms with Crippen LogP contribution in [0, 0.1) is 5.92 Å². The molecule has 0 saturated heterocycles. The zero-order valence-corrected chi connectivity index (χ0v) is 23.6. The second-order valence-corrected chi connectivity index (χ2v) is 10.4. The van der Waals surface area contributed by atoms with Crippen LogP contribution < -0.4 is 31.3 Å². The maximum absolute atomic E-state index is 13.2. The standard InChI is InChI=1S/C27H42N6O6/c1-16(2)23-27(38)29-17(3)15-39-21-11-8-7-10-19(21)25(36)31-20(26(37)28-12-9-13-33(5)6)14-22(34)30-18(4)24(35)32-23/h7-8,10-11,16-18,20,23H,9,12-15H2,1-6H3,(H,28,37)(H,29,38)(H,30,34)(H,31,36)(H,32,35)/t17-,18-,20-,23+/m0/s1. The number of fused-ring (bicyclic) bond motifs is 1. The lowest BCUT2D eigenvalue weighted by molar-refractivity contribution is -0.133. The van der Waals surface area contributed by atoms with Gasteiger partial charge in [-0.2, -0.15) is 0 Å². The van der Waals surface area contributed by atoms with Crippen molar-refractivity contribution in [2.75, 3.05) is 33.8 Å².